The van der Waals surface area contributed by atoms with Crippen molar-refractivity contribution in [3.63, 3.8) is 0 Å². The van der Waals surface area contributed by atoms with E-state index in [1.54, 1.807) is 0 Å². The average Bonchev–Trinajstić information content (AvgIpc) is 1.00. The molecule has 0 unspecified atom stereocenters. The molecule has 0 bridgehead atoms. The summed E-state index contributed by atoms with van der Waals surface area (Å²) in [5, 5.41) is 0. The summed E-state index contributed by atoms with van der Waals surface area (Å²) in [6.07, 6.45) is 0. The van der Waals surface area contributed by atoms with E-state index in [4.69, 9.17) is 0 Å². The Bertz CT molecular complexity index is 43.1. The van der Waals surface area contributed by atoms with Crippen LogP contribution in [0.25, 0.3) is 0 Å². The van der Waals surface area contributed by atoms with Crippen LogP contribution in [0.3, 0.4) is 0 Å². The predicted molar refractivity (Wildman–Crippen MR) is 39.3 cm³/mol. The standard InChI is InChI=1S/Ca.Cu.Fe.HISe.K.Mg.Na.Zn.6H/c;;;1-2;;;;;;;;;;/h;;;2H;;;;;;;;;;/q+2;;;;+1;+2;+1;;6*-1. The van der Waals surface area contributed by atoms with Crippen molar-refractivity contribution in [3.8, 4) is 0 Å². The molecule has 0 aliphatic heterocycles. The minimum absolute atomic E-state index is 0. The third-order valence-electron chi connectivity index (χ3n) is 0. The van der Waals surface area contributed by atoms with Crippen molar-refractivity contribution in [1.29, 1.82) is 0 Å². The van der Waals surface area contributed by atoms with E-state index in [-0.39, 0.29) is 204 Å². The summed E-state index contributed by atoms with van der Waals surface area (Å²) in [6.45, 7) is 0. The second-order valence-corrected chi connectivity index (χ2v) is 0. The van der Waals surface area contributed by atoms with E-state index in [0.29, 0.717) is 0 Å². The first-order chi connectivity index (χ1) is 1.00. The molecule has 0 atom stereocenters. The van der Waals surface area contributed by atoms with Gasteiger partial charge in [0.15, 0.2) is 0 Å². The van der Waals surface area contributed by atoms with Crippen LogP contribution in [0.5, 0.6) is 0 Å². The van der Waals surface area contributed by atoms with Gasteiger partial charge in [0.05, 0.1) is 0 Å². The number of hydrogen-bond donors (Lipinski definition) is 0. The third-order valence-corrected chi connectivity index (χ3v) is 0. The monoisotopic (exact) mass is 523 g/mol. The zero-order valence-electron chi connectivity index (χ0n) is 11.6. The molecule has 0 saturated heterocycles. The summed E-state index contributed by atoms with van der Waals surface area (Å²) in [4.78, 5) is 0. The Balaban J connectivity index is -0.0000000000641. The van der Waals surface area contributed by atoms with Gasteiger partial charge in [-0.1, -0.05) is 0 Å². The Morgan fingerprint density at radius 3 is 1.22 bits per heavy atom. The van der Waals surface area contributed by atoms with Gasteiger partial charge in [0.1, 0.15) is 0 Å². The zero-order chi connectivity index (χ0) is 2.00. The Labute approximate surface area is 230 Å². The molecule has 0 nitrogen and oxygen atoms in total. The predicted octanol–water partition coefficient (Wildman–Crippen LogP) is -5.85. The van der Waals surface area contributed by atoms with Gasteiger partial charge in [-0.05, 0) is 0 Å². The van der Waals surface area contributed by atoms with Crippen LogP contribution in [0.4, 0.5) is 0 Å². The van der Waals surface area contributed by atoms with Crippen LogP contribution >= 0.6 is 20.3 Å². The molecule has 47 valence electrons. The van der Waals surface area contributed by atoms with Crippen LogP contribution in [0, 0.1) is 0 Å². The maximum absolute atomic E-state index is 2.28. The van der Waals surface area contributed by atoms with Gasteiger partial charge in [-0.25, -0.2) is 0 Å². The maximum Gasteiger partial charge on any atom is 0 e. The minimum Gasteiger partial charge on any atom is 0 e. The minimum atomic E-state index is 0. The summed E-state index contributed by atoms with van der Waals surface area (Å²) < 4.78 is 0. The SMILES string of the molecule is [Ca+2].[Cu].[Fe].[H-].[H-].[H-].[H-].[H-].[H-].[K+].[Mg+2].[Na+].[SeH]I.[Zn]. The normalized spacial score (nSPS) is 0.667. The van der Waals surface area contributed by atoms with E-state index in [2.05, 4.69) is 33.1 Å². The molecule has 1 radical (unpaired) electrons. The van der Waals surface area contributed by atoms with Crippen molar-refractivity contribution in [2.45, 2.75) is 0 Å². The van der Waals surface area contributed by atoms with Crippen LogP contribution in [-0.4, -0.2) is 73.6 Å². The molecule has 0 rings (SSSR count). The molecule has 0 fully saturated rings. The molecular weight excluding hydrogens is 517 g/mol. The van der Waals surface area contributed by atoms with E-state index in [0.717, 1.165) is 0 Å². The molecule has 9 heavy (non-hydrogen) atoms. The third kappa shape index (κ3) is 50.0. The van der Waals surface area contributed by atoms with Crippen molar-refractivity contribution < 1.29 is 143 Å². The summed E-state index contributed by atoms with van der Waals surface area (Å²) in [7, 11) is 0. The van der Waals surface area contributed by atoms with Gasteiger partial charge < -0.3 is 8.56 Å². The van der Waals surface area contributed by atoms with Gasteiger partial charge in [0.2, 0.25) is 0 Å². The molecule has 9 heteroatoms. The summed E-state index contributed by atoms with van der Waals surface area (Å²) >= 11 is 4.37. The largest absolute Gasteiger partial charge is 0 e. The number of hydrogen-bond acceptors (Lipinski definition) is 0. The van der Waals surface area contributed by atoms with Crippen LogP contribution in [0.15, 0.2) is 0 Å². The first kappa shape index (κ1) is 54.7. The topological polar surface area (TPSA) is 0 Å². The molecule has 0 spiro atoms. The van der Waals surface area contributed by atoms with Gasteiger partial charge in [0.25, 0.3) is 0 Å². The Hall–Kier alpha value is 7.57. The van der Waals surface area contributed by atoms with E-state index in [1.807, 2.05) is 0 Å². The molecular formula is H7CaCuFeIKMgNaSeZn. The fourth-order valence-electron chi connectivity index (χ4n) is 0. The van der Waals surface area contributed by atoms with Crippen molar-refractivity contribution in [1.82, 2.24) is 0 Å². The van der Waals surface area contributed by atoms with Gasteiger partial charge in [-0.2, -0.15) is 0 Å². The van der Waals surface area contributed by atoms with Crippen LogP contribution < -0.4 is 80.9 Å². The average molecular weight is 524 g/mol. The molecule has 0 aliphatic carbocycles. The molecule has 0 aliphatic rings. The molecule has 0 N–H and O–H groups in total. The first-order valence-corrected chi connectivity index (χ1v) is 5.89. The van der Waals surface area contributed by atoms with Crippen molar-refractivity contribution >= 4 is 93.9 Å². The molecule has 0 aromatic rings. The first-order valence-electron chi connectivity index (χ1n) is 0.169. The van der Waals surface area contributed by atoms with E-state index >= 15 is 0 Å². The summed E-state index contributed by atoms with van der Waals surface area (Å²) in [5.74, 6) is 0. The fraction of sp³-hybridized carbons (Fsp3) is 0. The second kappa shape index (κ2) is 57.7. The van der Waals surface area contributed by atoms with E-state index in [1.165, 1.54) is 0 Å². The van der Waals surface area contributed by atoms with Crippen molar-refractivity contribution in [3.05, 3.63) is 0 Å². The van der Waals surface area contributed by atoms with Gasteiger partial charge in [-0.3, -0.25) is 0 Å². The Morgan fingerprint density at radius 1 is 1.22 bits per heavy atom. The molecule has 0 saturated carbocycles. The smallest absolute Gasteiger partial charge is 0 e. The number of rotatable bonds is 0. The fourth-order valence-corrected chi connectivity index (χ4v) is 0. The summed E-state index contributed by atoms with van der Waals surface area (Å²) in [6, 6.07) is 0. The van der Waals surface area contributed by atoms with Crippen LogP contribution in [0.1, 0.15) is 8.56 Å². The van der Waals surface area contributed by atoms with E-state index < -0.39 is 0 Å². The number of halogens is 1. The molecule has 0 aromatic carbocycles. The van der Waals surface area contributed by atoms with E-state index in [9.17, 15) is 0 Å². The van der Waals surface area contributed by atoms with Gasteiger partial charge in [0, 0.05) is 53.6 Å². The second-order valence-electron chi connectivity index (χ2n) is 0. The Morgan fingerprint density at radius 2 is 1.22 bits per heavy atom. The molecule has 0 aromatic heterocycles. The van der Waals surface area contributed by atoms with Crippen molar-refractivity contribution in [2.75, 3.05) is 0 Å². The quantitative estimate of drug-likeness (QED) is 0.219. The molecule has 0 heterocycles. The Kier molecular flexibility index (Phi) is 350. The van der Waals surface area contributed by atoms with Gasteiger partial charge in [-0.15, -0.1) is 0 Å². The maximum atomic E-state index is 2.28. The van der Waals surface area contributed by atoms with Crippen molar-refractivity contribution in [2.24, 2.45) is 0 Å². The van der Waals surface area contributed by atoms with Gasteiger partial charge >= 0.3 is 175 Å². The van der Waals surface area contributed by atoms with Crippen LogP contribution in [-0.2, 0) is 53.6 Å². The van der Waals surface area contributed by atoms with Crippen LogP contribution in [0.2, 0.25) is 0 Å². The summed E-state index contributed by atoms with van der Waals surface area (Å²) in [5.41, 5.74) is 0. The zero-order valence-corrected chi connectivity index (χ0v) is 23.4. The molecule has 0 amide bonds.